The number of methoxy groups -OCH3 is 2. The minimum Gasteiger partial charge on any atom is -0.504 e. The molecule has 30 heavy (non-hydrogen) atoms. The second kappa shape index (κ2) is 8.39. The zero-order chi connectivity index (χ0) is 21.8. The van der Waals surface area contributed by atoms with Crippen molar-refractivity contribution in [3.8, 4) is 28.8 Å². The molecule has 1 aromatic heterocycles. The van der Waals surface area contributed by atoms with Crippen molar-refractivity contribution in [3.05, 3.63) is 80.5 Å². The number of hydrogen-bond acceptors (Lipinski definition) is 7. The Hall–Kier alpha value is -4.27. The number of carbonyl (C=O) groups is 1. The Morgan fingerprint density at radius 2 is 1.73 bits per heavy atom. The van der Waals surface area contributed by atoms with E-state index in [1.807, 2.05) is 4.98 Å². The minimum absolute atomic E-state index is 0.0704. The molecule has 1 heterocycles. The van der Waals surface area contributed by atoms with E-state index >= 15 is 0 Å². The maximum atomic E-state index is 12.6. The molecule has 0 atom stereocenters. The van der Waals surface area contributed by atoms with Gasteiger partial charge in [0.2, 0.25) is 5.88 Å². The van der Waals surface area contributed by atoms with E-state index in [0.29, 0.717) is 5.56 Å². The highest BCUT2D eigenvalue weighted by Gasteiger charge is 2.21. The first-order chi connectivity index (χ1) is 14.4. The molecule has 0 unspecified atom stereocenters. The van der Waals surface area contributed by atoms with E-state index in [9.17, 15) is 24.6 Å². The van der Waals surface area contributed by atoms with Crippen LogP contribution in [0.4, 0.5) is 0 Å². The van der Waals surface area contributed by atoms with Crippen LogP contribution in [0.5, 0.6) is 23.1 Å². The van der Waals surface area contributed by atoms with Gasteiger partial charge in [-0.3, -0.25) is 14.6 Å². The van der Waals surface area contributed by atoms with Crippen LogP contribution < -0.4 is 20.7 Å². The molecule has 154 valence electrons. The SMILES string of the molecule is COc1cc(/C=C/C(=O)c2c(O)n(-c3ccccc3OC)c(=O)[nH]c2=O)ccc1O. The number of ketones is 1. The number of rotatable bonds is 6. The van der Waals surface area contributed by atoms with Gasteiger partial charge in [0, 0.05) is 0 Å². The number of allylic oxidation sites excluding steroid dienone is 1. The molecule has 0 saturated heterocycles. The Bertz CT molecular complexity index is 1250. The number of phenols is 1. The Balaban J connectivity index is 2.07. The third-order valence-electron chi connectivity index (χ3n) is 4.29. The number of hydrogen-bond donors (Lipinski definition) is 3. The van der Waals surface area contributed by atoms with Crippen LogP contribution in [0.3, 0.4) is 0 Å². The van der Waals surface area contributed by atoms with Gasteiger partial charge in [-0.2, -0.15) is 0 Å². The summed E-state index contributed by atoms with van der Waals surface area (Å²) in [6.07, 6.45) is 2.44. The van der Waals surface area contributed by atoms with Crippen molar-refractivity contribution in [1.29, 1.82) is 0 Å². The monoisotopic (exact) mass is 410 g/mol. The van der Waals surface area contributed by atoms with Gasteiger partial charge in [-0.1, -0.05) is 24.3 Å². The van der Waals surface area contributed by atoms with Gasteiger partial charge in [0.05, 0.1) is 19.9 Å². The maximum Gasteiger partial charge on any atom is 0.335 e. The molecule has 9 nitrogen and oxygen atoms in total. The van der Waals surface area contributed by atoms with Crippen molar-refractivity contribution in [2.24, 2.45) is 0 Å². The summed E-state index contributed by atoms with van der Waals surface area (Å²) in [4.78, 5) is 39.2. The highest BCUT2D eigenvalue weighted by Crippen LogP contribution is 2.27. The van der Waals surface area contributed by atoms with Gasteiger partial charge in [-0.15, -0.1) is 0 Å². The number of H-pyrrole nitrogens is 1. The minimum atomic E-state index is -1.03. The lowest BCUT2D eigenvalue weighted by atomic mass is 10.1. The van der Waals surface area contributed by atoms with Gasteiger partial charge in [0.15, 0.2) is 17.3 Å². The summed E-state index contributed by atoms with van der Waals surface area (Å²) in [7, 11) is 2.76. The van der Waals surface area contributed by atoms with E-state index in [1.54, 1.807) is 18.2 Å². The largest absolute Gasteiger partial charge is 0.504 e. The summed E-state index contributed by atoms with van der Waals surface area (Å²) < 4.78 is 11.0. The normalized spacial score (nSPS) is 10.9. The maximum absolute atomic E-state index is 12.6. The summed E-state index contributed by atoms with van der Waals surface area (Å²) in [5, 5.41) is 20.2. The summed E-state index contributed by atoms with van der Waals surface area (Å²) >= 11 is 0. The van der Waals surface area contributed by atoms with Crippen LogP contribution >= 0.6 is 0 Å². The number of nitrogens with zero attached hydrogens (tertiary/aromatic N) is 1. The fourth-order valence-electron chi connectivity index (χ4n) is 2.84. The molecule has 0 fully saturated rings. The molecule has 3 N–H and O–H groups in total. The second-order valence-electron chi connectivity index (χ2n) is 6.09. The van der Waals surface area contributed by atoms with Crippen molar-refractivity contribution in [1.82, 2.24) is 9.55 Å². The van der Waals surface area contributed by atoms with Gasteiger partial charge in [0.1, 0.15) is 11.3 Å². The molecule has 0 aliphatic carbocycles. The summed E-state index contributed by atoms with van der Waals surface area (Å²) in [5.41, 5.74) is -1.90. The Labute approximate surface area is 170 Å². The Morgan fingerprint density at radius 3 is 2.43 bits per heavy atom. The molecule has 0 radical (unpaired) electrons. The van der Waals surface area contributed by atoms with Crippen LogP contribution in [0, 0.1) is 0 Å². The third-order valence-corrected chi connectivity index (χ3v) is 4.29. The standard InChI is InChI=1S/C21H18N2O7/c1-29-16-6-4-3-5-13(16)23-20(27)18(19(26)22-21(23)28)15(25)10-8-12-7-9-14(24)17(11-12)30-2/h3-11,24,27H,1-2H3,(H,22,26,28)/b10-8+. The van der Waals surface area contributed by atoms with Gasteiger partial charge in [-0.05, 0) is 35.9 Å². The van der Waals surface area contributed by atoms with Crippen molar-refractivity contribution in [2.45, 2.75) is 0 Å². The topological polar surface area (TPSA) is 131 Å². The molecule has 9 heteroatoms. The summed E-state index contributed by atoms with van der Waals surface area (Å²) in [5.74, 6) is -1.25. The van der Waals surface area contributed by atoms with E-state index < -0.39 is 28.5 Å². The highest BCUT2D eigenvalue weighted by molar-refractivity contribution is 6.08. The quantitative estimate of drug-likeness (QED) is 0.417. The van der Waals surface area contributed by atoms with E-state index in [4.69, 9.17) is 9.47 Å². The average Bonchev–Trinajstić information content (AvgIpc) is 2.73. The van der Waals surface area contributed by atoms with Crippen LogP contribution in [0.1, 0.15) is 15.9 Å². The number of benzene rings is 2. The van der Waals surface area contributed by atoms with Crippen LogP contribution in [-0.4, -0.2) is 39.8 Å². The summed E-state index contributed by atoms with van der Waals surface area (Å²) in [6, 6.07) is 10.7. The first-order valence-electron chi connectivity index (χ1n) is 8.68. The highest BCUT2D eigenvalue weighted by atomic mass is 16.5. The smallest absolute Gasteiger partial charge is 0.335 e. The molecule has 0 bridgehead atoms. The lowest BCUT2D eigenvalue weighted by Crippen LogP contribution is -2.32. The van der Waals surface area contributed by atoms with Crippen LogP contribution in [0.25, 0.3) is 11.8 Å². The number of aromatic amines is 1. The molecular formula is C21H18N2O7. The van der Waals surface area contributed by atoms with Gasteiger partial charge in [0.25, 0.3) is 5.56 Å². The van der Waals surface area contributed by atoms with Crippen molar-refractivity contribution < 1.29 is 24.5 Å². The molecular weight excluding hydrogens is 392 g/mol. The fourth-order valence-corrected chi connectivity index (χ4v) is 2.84. The zero-order valence-electron chi connectivity index (χ0n) is 16.1. The molecule has 3 aromatic rings. The van der Waals surface area contributed by atoms with E-state index in [1.165, 1.54) is 44.6 Å². The first kappa shape index (κ1) is 20.5. The molecule has 2 aromatic carbocycles. The van der Waals surface area contributed by atoms with Gasteiger partial charge < -0.3 is 19.7 Å². The van der Waals surface area contributed by atoms with E-state index in [-0.39, 0.29) is 22.9 Å². The number of phenolic OH excluding ortho intramolecular Hbond substituents is 1. The van der Waals surface area contributed by atoms with Crippen molar-refractivity contribution >= 4 is 11.9 Å². The van der Waals surface area contributed by atoms with E-state index in [0.717, 1.165) is 10.6 Å². The lowest BCUT2D eigenvalue weighted by molar-refractivity contribution is 0.104. The van der Waals surface area contributed by atoms with Crippen molar-refractivity contribution in [3.63, 3.8) is 0 Å². The molecule has 0 saturated carbocycles. The predicted molar refractivity (Wildman–Crippen MR) is 109 cm³/mol. The van der Waals surface area contributed by atoms with Crippen molar-refractivity contribution in [2.75, 3.05) is 14.2 Å². The molecule has 0 aliphatic heterocycles. The summed E-state index contributed by atoms with van der Waals surface area (Å²) in [6.45, 7) is 0. The first-order valence-corrected chi connectivity index (χ1v) is 8.68. The van der Waals surface area contributed by atoms with Gasteiger partial charge in [-0.25, -0.2) is 9.36 Å². The molecule has 0 aliphatic rings. The van der Waals surface area contributed by atoms with Gasteiger partial charge >= 0.3 is 5.69 Å². The fraction of sp³-hybridized carbons (Fsp3) is 0.0952. The van der Waals surface area contributed by atoms with Crippen LogP contribution in [-0.2, 0) is 0 Å². The molecule has 0 amide bonds. The third kappa shape index (κ3) is 3.81. The number of nitrogens with one attached hydrogen (secondary N) is 1. The number of para-hydroxylation sites is 2. The second-order valence-corrected chi connectivity index (χ2v) is 6.09. The van der Waals surface area contributed by atoms with Crippen LogP contribution in [0.2, 0.25) is 0 Å². The number of aromatic hydroxyl groups is 2. The Kier molecular flexibility index (Phi) is 5.73. The average molecular weight is 410 g/mol. The number of ether oxygens (including phenoxy) is 2. The molecule has 0 spiro atoms. The predicted octanol–water partition coefficient (Wildman–Crippen LogP) is 1.85. The number of carbonyl (C=O) groups excluding carboxylic acids is 1. The lowest BCUT2D eigenvalue weighted by Gasteiger charge is -2.13. The Morgan fingerprint density at radius 1 is 1.03 bits per heavy atom. The zero-order valence-corrected chi connectivity index (χ0v) is 16.1. The van der Waals surface area contributed by atoms with Crippen LogP contribution in [0.15, 0.2) is 58.1 Å². The molecule has 3 rings (SSSR count). The number of aromatic nitrogens is 2. The van der Waals surface area contributed by atoms with E-state index in [2.05, 4.69) is 0 Å².